The summed E-state index contributed by atoms with van der Waals surface area (Å²) in [7, 11) is 1.83. The molecule has 0 bridgehead atoms. The highest BCUT2D eigenvalue weighted by Crippen LogP contribution is 2.20. The van der Waals surface area contributed by atoms with Gasteiger partial charge in [0.1, 0.15) is 6.61 Å². The fourth-order valence-electron chi connectivity index (χ4n) is 1.78. The normalized spacial score (nSPS) is 12.1. The number of nitrogens with two attached hydrogens (primary N) is 1. The van der Waals surface area contributed by atoms with Crippen molar-refractivity contribution >= 4 is 16.9 Å². The van der Waals surface area contributed by atoms with Crippen molar-refractivity contribution in [3.63, 3.8) is 0 Å². The maximum atomic E-state index is 5.64. The van der Waals surface area contributed by atoms with Crippen LogP contribution < -0.4 is 11.3 Å². The zero-order valence-electron chi connectivity index (χ0n) is 12.5. The molecule has 20 heavy (non-hydrogen) atoms. The van der Waals surface area contributed by atoms with Gasteiger partial charge in [0.2, 0.25) is 0 Å². The van der Waals surface area contributed by atoms with E-state index in [1.165, 1.54) is 0 Å². The van der Waals surface area contributed by atoms with E-state index in [0.717, 1.165) is 17.5 Å². The average Bonchev–Trinajstić information content (AvgIpc) is 2.75. The Kier molecular flexibility index (Phi) is 4.20. The van der Waals surface area contributed by atoms with Crippen molar-refractivity contribution in [1.29, 1.82) is 0 Å². The third kappa shape index (κ3) is 3.43. The summed E-state index contributed by atoms with van der Waals surface area (Å²) in [5.41, 5.74) is 3.58. The Labute approximate surface area is 118 Å². The highest BCUT2D eigenvalue weighted by Gasteiger charge is 2.12. The summed E-state index contributed by atoms with van der Waals surface area (Å²) in [6.45, 7) is 7.61. The van der Waals surface area contributed by atoms with Crippen molar-refractivity contribution < 1.29 is 4.74 Å². The van der Waals surface area contributed by atoms with Crippen LogP contribution in [0.2, 0.25) is 0 Å². The van der Waals surface area contributed by atoms with Crippen molar-refractivity contribution in [2.45, 2.75) is 33.8 Å². The number of aryl methyl sites for hydroxylation is 1. The minimum atomic E-state index is 0.261. The van der Waals surface area contributed by atoms with E-state index in [1.807, 2.05) is 7.05 Å². The van der Waals surface area contributed by atoms with Crippen LogP contribution >= 0.6 is 0 Å². The van der Waals surface area contributed by atoms with Crippen LogP contribution in [0.15, 0.2) is 6.20 Å². The predicted octanol–water partition coefficient (Wildman–Crippen LogP) is 1.60. The first-order valence-corrected chi connectivity index (χ1v) is 6.64. The van der Waals surface area contributed by atoms with Crippen molar-refractivity contribution in [2.75, 3.05) is 12.0 Å². The molecule has 0 fully saturated rings. The molecule has 0 amide bonds. The number of fused-ring (bicyclic) bond motifs is 1. The zero-order valence-corrected chi connectivity index (χ0v) is 12.5. The molecule has 2 rings (SSSR count). The molecule has 3 N–H and O–H groups in total. The number of nitrogens with zero attached hydrogens (tertiary/aromatic N) is 4. The lowest BCUT2D eigenvalue weighted by Crippen LogP contribution is -2.13. The summed E-state index contributed by atoms with van der Waals surface area (Å²) in [4.78, 5) is 8.79. The third-order valence-electron chi connectivity index (χ3n) is 3.00. The average molecular weight is 278 g/mol. The number of hydrogen-bond acceptors (Lipinski definition) is 6. The molecule has 0 radical (unpaired) electrons. The summed E-state index contributed by atoms with van der Waals surface area (Å²) in [5.74, 6) is 6.65. The van der Waals surface area contributed by atoms with E-state index in [2.05, 4.69) is 41.3 Å². The highest BCUT2D eigenvalue weighted by atomic mass is 16.5. The van der Waals surface area contributed by atoms with Crippen LogP contribution in [-0.2, 0) is 18.4 Å². The lowest BCUT2D eigenvalue weighted by Gasteiger charge is -2.17. The summed E-state index contributed by atoms with van der Waals surface area (Å²) >= 11 is 0. The molecule has 2 aromatic heterocycles. The molecule has 0 aliphatic carbocycles. The van der Waals surface area contributed by atoms with Crippen LogP contribution in [0.4, 0.5) is 5.82 Å². The number of nitrogens with one attached hydrogen (secondary N) is 1. The lowest BCUT2D eigenvalue weighted by molar-refractivity contribution is 0.0919. The van der Waals surface area contributed by atoms with E-state index in [-0.39, 0.29) is 5.41 Å². The van der Waals surface area contributed by atoms with Gasteiger partial charge in [0.15, 0.2) is 17.3 Å². The fourth-order valence-corrected chi connectivity index (χ4v) is 1.78. The minimum Gasteiger partial charge on any atom is -0.373 e. The van der Waals surface area contributed by atoms with E-state index in [9.17, 15) is 0 Å². The molecule has 0 aromatic carbocycles. The van der Waals surface area contributed by atoms with Crippen molar-refractivity contribution in [2.24, 2.45) is 18.3 Å². The van der Waals surface area contributed by atoms with Gasteiger partial charge in [-0.1, -0.05) is 20.8 Å². The van der Waals surface area contributed by atoms with Gasteiger partial charge < -0.3 is 10.2 Å². The topological polar surface area (TPSA) is 90.9 Å². The molecule has 0 saturated heterocycles. The van der Waals surface area contributed by atoms with Gasteiger partial charge in [-0.05, 0) is 11.8 Å². The number of rotatable bonds is 5. The van der Waals surface area contributed by atoms with Gasteiger partial charge >= 0.3 is 0 Å². The SMILES string of the molecule is Cn1ncc2c(NN)nc(COCCC(C)(C)C)nc21. The molecule has 0 aliphatic rings. The summed E-state index contributed by atoms with van der Waals surface area (Å²) < 4.78 is 7.33. The molecule has 0 unspecified atom stereocenters. The second-order valence-corrected chi connectivity index (χ2v) is 6.00. The fraction of sp³-hybridized carbons (Fsp3) is 0.615. The van der Waals surface area contributed by atoms with Crippen molar-refractivity contribution in [3.05, 3.63) is 12.0 Å². The molecule has 2 aromatic rings. The Bertz CT molecular complexity index is 586. The van der Waals surface area contributed by atoms with Crippen LogP contribution in [0, 0.1) is 5.41 Å². The van der Waals surface area contributed by atoms with Crippen LogP contribution in [0.3, 0.4) is 0 Å². The first-order chi connectivity index (χ1) is 9.40. The van der Waals surface area contributed by atoms with Gasteiger partial charge in [0.25, 0.3) is 0 Å². The highest BCUT2D eigenvalue weighted by molar-refractivity contribution is 5.86. The largest absolute Gasteiger partial charge is 0.373 e. The molecule has 0 saturated carbocycles. The Hall–Kier alpha value is -1.73. The monoisotopic (exact) mass is 278 g/mol. The standard InChI is InChI=1S/C13H22N6O/c1-13(2,3)5-6-20-8-10-16-11(18-14)9-7-15-19(4)12(9)17-10/h7H,5-6,8,14H2,1-4H3,(H,16,17,18). The molecular weight excluding hydrogens is 256 g/mol. The quantitative estimate of drug-likeness (QED) is 0.490. The number of anilines is 1. The Morgan fingerprint density at radius 3 is 2.75 bits per heavy atom. The maximum Gasteiger partial charge on any atom is 0.163 e. The molecule has 2 heterocycles. The van der Waals surface area contributed by atoms with Crippen molar-refractivity contribution in [1.82, 2.24) is 19.7 Å². The molecule has 0 atom stereocenters. The van der Waals surface area contributed by atoms with E-state index in [4.69, 9.17) is 10.6 Å². The van der Waals surface area contributed by atoms with Gasteiger partial charge in [-0.15, -0.1) is 0 Å². The number of aromatic nitrogens is 4. The summed E-state index contributed by atoms with van der Waals surface area (Å²) in [5, 5.41) is 4.95. The van der Waals surface area contributed by atoms with Gasteiger partial charge in [0, 0.05) is 13.7 Å². The smallest absolute Gasteiger partial charge is 0.163 e. The lowest BCUT2D eigenvalue weighted by atomic mass is 9.93. The van der Waals surface area contributed by atoms with Crippen molar-refractivity contribution in [3.8, 4) is 0 Å². The Morgan fingerprint density at radius 2 is 2.10 bits per heavy atom. The van der Waals surface area contributed by atoms with E-state index < -0.39 is 0 Å². The van der Waals surface area contributed by atoms with E-state index in [1.54, 1.807) is 10.9 Å². The second-order valence-electron chi connectivity index (χ2n) is 6.00. The second kappa shape index (κ2) is 5.72. The molecular formula is C13H22N6O. The molecule has 110 valence electrons. The predicted molar refractivity (Wildman–Crippen MR) is 77.8 cm³/mol. The van der Waals surface area contributed by atoms with Crippen LogP contribution in [0.1, 0.15) is 33.0 Å². The number of nitrogen functional groups attached to an aromatic ring is 1. The Balaban J connectivity index is 2.08. The Morgan fingerprint density at radius 1 is 1.35 bits per heavy atom. The van der Waals surface area contributed by atoms with E-state index in [0.29, 0.717) is 24.9 Å². The molecule has 0 aliphatic heterocycles. The van der Waals surface area contributed by atoms with Gasteiger partial charge in [-0.2, -0.15) is 5.10 Å². The molecule has 7 nitrogen and oxygen atoms in total. The van der Waals surface area contributed by atoms with E-state index >= 15 is 0 Å². The number of hydrazine groups is 1. The summed E-state index contributed by atoms with van der Waals surface area (Å²) in [6, 6.07) is 0. The first-order valence-electron chi connectivity index (χ1n) is 6.64. The maximum absolute atomic E-state index is 5.64. The third-order valence-corrected chi connectivity index (χ3v) is 3.00. The minimum absolute atomic E-state index is 0.261. The van der Waals surface area contributed by atoms with Gasteiger partial charge in [-0.3, -0.25) is 4.68 Å². The van der Waals surface area contributed by atoms with Crippen LogP contribution in [-0.4, -0.2) is 26.4 Å². The number of hydrogen-bond donors (Lipinski definition) is 2. The number of ether oxygens (including phenoxy) is 1. The van der Waals surface area contributed by atoms with Gasteiger partial charge in [-0.25, -0.2) is 15.8 Å². The molecule has 0 spiro atoms. The summed E-state index contributed by atoms with van der Waals surface area (Å²) in [6.07, 6.45) is 2.68. The van der Waals surface area contributed by atoms with Crippen LogP contribution in [0.5, 0.6) is 0 Å². The first kappa shape index (κ1) is 14.7. The van der Waals surface area contributed by atoms with Gasteiger partial charge in [0.05, 0.1) is 11.6 Å². The zero-order chi connectivity index (χ0) is 14.8. The molecule has 7 heteroatoms. The van der Waals surface area contributed by atoms with Crippen LogP contribution in [0.25, 0.3) is 11.0 Å².